The molecule has 1 aromatic rings. The van der Waals surface area contributed by atoms with Gasteiger partial charge in [0.25, 0.3) is 0 Å². The molecule has 0 spiro atoms. The largest absolute Gasteiger partial charge is 0.491 e. The van der Waals surface area contributed by atoms with E-state index in [1.165, 1.54) is 12.8 Å². The van der Waals surface area contributed by atoms with Crippen LogP contribution in [-0.4, -0.2) is 12.1 Å². The summed E-state index contributed by atoms with van der Waals surface area (Å²) < 4.78 is 5.88. The van der Waals surface area contributed by atoms with Crippen LogP contribution in [0.5, 0.6) is 5.75 Å². The molecular formula is C14H18ClNO. The highest BCUT2D eigenvalue weighted by atomic mass is 35.5. The van der Waals surface area contributed by atoms with Gasteiger partial charge in [-0.1, -0.05) is 23.7 Å². The molecule has 0 saturated heterocycles. The van der Waals surface area contributed by atoms with Crippen molar-refractivity contribution in [2.24, 2.45) is 11.7 Å². The topological polar surface area (TPSA) is 35.2 Å². The maximum atomic E-state index is 6.22. The van der Waals surface area contributed by atoms with Crippen molar-refractivity contribution in [2.75, 3.05) is 6.61 Å². The molecule has 0 amide bonds. The number of hydrogen-bond donors (Lipinski definition) is 1. The molecular weight excluding hydrogens is 234 g/mol. The van der Waals surface area contributed by atoms with Crippen molar-refractivity contribution in [3.63, 3.8) is 0 Å². The minimum absolute atomic E-state index is 0.00235. The predicted molar refractivity (Wildman–Crippen MR) is 69.5 cm³/mol. The first-order valence-corrected chi connectivity index (χ1v) is 6.73. The van der Waals surface area contributed by atoms with Crippen molar-refractivity contribution in [1.29, 1.82) is 0 Å². The smallest absolute Gasteiger partial charge is 0.141 e. The van der Waals surface area contributed by atoms with Gasteiger partial charge in [0, 0.05) is 5.54 Å². The molecule has 2 N–H and O–H groups in total. The number of benzene rings is 1. The summed E-state index contributed by atoms with van der Waals surface area (Å²) in [6.45, 7) is 0.800. The highest BCUT2D eigenvalue weighted by molar-refractivity contribution is 6.32. The van der Waals surface area contributed by atoms with Crippen LogP contribution in [-0.2, 0) is 6.42 Å². The molecule has 0 aromatic heterocycles. The Balaban J connectivity index is 1.76. The van der Waals surface area contributed by atoms with E-state index in [-0.39, 0.29) is 5.54 Å². The summed E-state index contributed by atoms with van der Waals surface area (Å²) in [5.74, 6) is 1.60. The number of rotatable bonds is 5. The summed E-state index contributed by atoms with van der Waals surface area (Å²) in [6, 6.07) is 5.96. The van der Waals surface area contributed by atoms with Crippen LogP contribution >= 0.6 is 11.6 Å². The Morgan fingerprint density at radius 2 is 2.12 bits per heavy atom. The average molecular weight is 252 g/mol. The highest BCUT2D eigenvalue weighted by Crippen LogP contribution is 2.40. The van der Waals surface area contributed by atoms with Crippen molar-refractivity contribution in [2.45, 2.75) is 37.6 Å². The van der Waals surface area contributed by atoms with Gasteiger partial charge >= 0.3 is 0 Å². The molecule has 2 nitrogen and oxygen atoms in total. The van der Waals surface area contributed by atoms with E-state index in [1.54, 1.807) is 0 Å². The zero-order valence-electron chi connectivity index (χ0n) is 9.92. The molecule has 1 aromatic carbocycles. The Kier molecular flexibility index (Phi) is 2.80. The maximum Gasteiger partial charge on any atom is 0.141 e. The molecule has 0 heterocycles. The first-order chi connectivity index (χ1) is 8.16. The molecule has 17 heavy (non-hydrogen) atoms. The molecule has 2 aliphatic carbocycles. The van der Waals surface area contributed by atoms with E-state index in [1.807, 2.05) is 12.1 Å². The van der Waals surface area contributed by atoms with Crippen LogP contribution in [0.25, 0.3) is 0 Å². The number of nitrogens with two attached hydrogens (primary N) is 1. The summed E-state index contributed by atoms with van der Waals surface area (Å²) in [4.78, 5) is 0. The average Bonchev–Trinajstić information content (AvgIpc) is 3.17. The van der Waals surface area contributed by atoms with Crippen LogP contribution < -0.4 is 10.5 Å². The molecule has 3 rings (SSSR count). The summed E-state index contributed by atoms with van der Waals surface area (Å²) in [5, 5.41) is 0.715. The summed E-state index contributed by atoms with van der Waals surface area (Å²) in [7, 11) is 0. The Bertz CT molecular complexity index is 424. The zero-order valence-corrected chi connectivity index (χ0v) is 10.7. The zero-order chi connectivity index (χ0) is 11.9. The van der Waals surface area contributed by atoms with E-state index in [2.05, 4.69) is 6.07 Å². The lowest BCUT2D eigenvalue weighted by molar-refractivity contribution is 0.296. The van der Waals surface area contributed by atoms with Crippen molar-refractivity contribution in [3.05, 3.63) is 28.8 Å². The minimum atomic E-state index is 0.00235. The molecule has 2 aliphatic rings. The van der Waals surface area contributed by atoms with Gasteiger partial charge < -0.3 is 10.5 Å². The molecule has 2 saturated carbocycles. The van der Waals surface area contributed by atoms with E-state index in [0.29, 0.717) is 5.02 Å². The molecule has 3 heteroatoms. The standard InChI is InChI=1S/C14H18ClNO/c15-12-3-1-2-11(8-14(16)6-7-14)13(12)17-9-10-4-5-10/h1-3,10H,4-9,16H2. The van der Waals surface area contributed by atoms with Gasteiger partial charge in [-0.25, -0.2) is 0 Å². The normalized spacial score (nSPS) is 21.3. The van der Waals surface area contributed by atoms with Gasteiger partial charge in [-0.3, -0.25) is 0 Å². The third kappa shape index (κ3) is 2.75. The highest BCUT2D eigenvalue weighted by Gasteiger charge is 2.39. The van der Waals surface area contributed by atoms with Gasteiger partial charge in [-0.15, -0.1) is 0 Å². The van der Waals surface area contributed by atoms with Crippen molar-refractivity contribution in [3.8, 4) is 5.75 Å². The number of hydrogen-bond acceptors (Lipinski definition) is 2. The van der Waals surface area contributed by atoms with E-state index in [4.69, 9.17) is 22.1 Å². The lowest BCUT2D eigenvalue weighted by Crippen LogP contribution is -2.24. The molecule has 0 atom stereocenters. The number of halogens is 1. The molecule has 92 valence electrons. The van der Waals surface area contributed by atoms with Crippen molar-refractivity contribution >= 4 is 11.6 Å². The van der Waals surface area contributed by atoms with Crippen LogP contribution in [0.2, 0.25) is 5.02 Å². The van der Waals surface area contributed by atoms with Gasteiger partial charge in [0.1, 0.15) is 5.75 Å². The Hall–Kier alpha value is -0.730. The lowest BCUT2D eigenvalue weighted by Gasteiger charge is -2.15. The molecule has 0 aliphatic heterocycles. The van der Waals surface area contributed by atoms with Crippen LogP contribution in [0.4, 0.5) is 0 Å². The molecule has 0 radical (unpaired) electrons. The van der Waals surface area contributed by atoms with E-state index in [0.717, 1.165) is 43.1 Å². The fourth-order valence-corrected chi connectivity index (χ4v) is 2.31. The van der Waals surface area contributed by atoms with Gasteiger partial charge in [0.15, 0.2) is 0 Å². The van der Waals surface area contributed by atoms with Crippen LogP contribution in [0.3, 0.4) is 0 Å². The predicted octanol–water partition coefficient (Wildman–Crippen LogP) is 3.16. The Morgan fingerprint density at radius 3 is 2.76 bits per heavy atom. The lowest BCUT2D eigenvalue weighted by atomic mass is 10.0. The fraction of sp³-hybridized carbons (Fsp3) is 0.571. The molecule has 2 fully saturated rings. The van der Waals surface area contributed by atoms with Crippen LogP contribution in [0.1, 0.15) is 31.2 Å². The first kappa shape index (κ1) is 11.4. The van der Waals surface area contributed by atoms with Gasteiger partial charge in [-0.05, 0) is 49.7 Å². The maximum absolute atomic E-state index is 6.22. The van der Waals surface area contributed by atoms with E-state index >= 15 is 0 Å². The van der Waals surface area contributed by atoms with E-state index < -0.39 is 0 Å². The number of ether oxygens (including phenoxy) is 1. The van der Waals surface area contributed by atoms with Crippen molar-refractivity contribution in [1.82, 2.24) is 0 Å². The molecule has 0 unspecified atom stereocenters. The van der Waals surface area contributed by atoms with Crippen LogP contribution in [0, 0.1) is 5.92 Å². The van der Waals surface area contributed by atoms with E-state index in [9.17, 15) is 0 Å². The second kappa shape index (κ2) is 4.18. The summed E-state index contributed by atoms with van der Waals surface area (Å²) >= 11 is 6.22. The monoisotopic (exact) mass is 251 g/mol. The van der Waals surface area contributed by atoms with Crippen molar-refractivity contribution < 1.29 is 4.74 Å². The second-order valence-electron chi connectivity index (χ2n) is 5.52. The summed E-state index contributed by atoms with van der Waals surface area (Å²) in [5.41, 5.74) is 7.33. The van der Waals surface area contributed by atoms with Gasteiger partial charge in [-0.2, -0.15) is 0 Å². The third-order valence-corrected chi connectivity index (χ3v) is 3.94. The Morgan fingerprint density at radius 1 is 1.35 bits per heavy atom. The quantitative estimate of drug-likeness (QED) is 0.873. The van der Waals surface area contributed by atoms with Gasteiger partial charge in [0.2, 0.25) is 0 Å². The Labute approximate surface area is 107 Å². The first-order valence-electron chi connectivity index (χ1n) is 6.35. The van der Waals surface area contributed by atoms with Gasteiger partial charge in [0.05, 0.1) is 11.6 Å². The second-order valence-corrected chi connectivity index (χ2v) is 5.93. The SMILES string of the molecule is NC1(Cc2cccc(Cl)c2OCC2CC2)CC1. The minimum Gasteiger partial charge on any atom is -0.491 e. The molecule has 0 bridgehead atoms. The third-order valence-electron chi connectivity index (χ3n) is 3.64. The number of para-hydroxylation sites is 1. The summed E-state index contributed by atoms with van der Waals surface area (Å²) in [6.07, 6.45) is 5.69. The fourth-order valence-electron chi connectivity index (χ4n) is 2.06. The van der Waals surface area contributed by atoms with Crippen LogP contribution in [0.15, 0.2) is 18.2 Å².